The van der Waals surface area contributed by atoms with Crippen LogP contribution in [0.1, 0.15) is 19.3 Å². The van der Waals surface area contributed by atoms with E-state index in [1.165, 1.54) is 0 Å². The highest BCUT2D eigenvalue weighted by atomic mass is 19.1. The van der Waals surface area contributed by atoms with E-state index in [9.17, 15) is 8.78 Å². The smallest absolute Gasteiger partial charge is 0.183 e. The summed E-state index contributed by atoms with van der Waals surface area (Å²) in [4.78, 5) is 0. The van der Waals surface area contributed by atoms with E-state index in [4.69, 9.17) is 10.2 Å². The van der Waals surface area contributed by atoms with Crippen LogP contribution in [0, 0.1) is 0 Å². The fourth-order valence-electron chi connectivity index (χ4n) is 0.583. The van der Waals surface area contributed by atoms with E-state index in [1.54, 1.807) is 0 Å². The lowest BCUT2D eigenvalue weighted by Crippen LogP contribution is -2.20. The molecule has 0 aliphatic heterocycles. The maximum Gasteiger partial charge on any atom is 0.183 e. The van der Waals surface area contributed by atoms with E-state index in [0.717, 1.165) is 0 Å². The van der Waals surface area contributed by atoms with Crippen LogP contribution >= 0.6 is 0 Å². The standard InChI is InChI=1S/C6H12F2O2/c7-4-2-1-3-5(8)6(9)10/h5-6,9-10H,1-4H2. The second-order valence-electron chi connectivity index (χ2n) is 2.11. The third kappa shape index (κ3) is 4.64. The Morgan fingerprint density at radius 3 is 2.20 bits per heavy atom. The van der Waals surface area contributed by atoms with Gasteiger partial charge in [0.1, 0.15) is 0 Å². The normalized spacial score (nSPS) is 14.1. The number of hydrogen-bond donors (Lipinski definition) is 2. The summed E-state index contributed by atoms with van der Waals surface area (Å²) in [5, 5.41) is 16.4. The van der Waals surface area contributed by atoms with Crippen LogP contribution in [0.4, 0.5) is 8.78 Å². The van der Waals surface area contributed by atoms with Crippen LogP contribution in [-0.2, 0) is 0 Å². The SMILES string of the molecule is OC(O)C(F)CCCCF. The Labute approximate surface area is 58.5 Å². The Kier molecular flexibility index (Phi) is 5.43. The van der Waals surface area contributed by atoms with Crippen molar-refractivity contribution in [3.8, 4) is 0 Å². The molecule has 0 spiro atoms. The quantitative estimate of drug-likeness (QED) is 0.453. The van der Waals surface area contributed by atoms with Crippen molar-refractivity contribution in [3.63, 3.8) is 0 Å². The Morgan fingerprint density at radius 2 is 1.80 bits per heavy atom. The van der Waals surface area contributed by atoms with Crippen LogP contribution in [-0.4, -0.2) is 29.3 Å². The molecule has 0 radical (unpaired) electrons. The van der Waals surface area contributed by atoms with Crippen molar-refractivity contribution in [2.45, 2.75) is 31.7 Å². The Balaban J connectivity index is 3.13. The van der Waals surface area contributed by atoms with Crippen LogP contribution in [0.3, 0.4) is 0 Å². The van der Waals surface area contributed by atoms with Crippen LogP contribution in [0.25, 0.3) is 0 Å². The van der Waals surface area contributed by atoms with Crippen LogP contribution < -0.4 is 0 Å². The molecule has 1 atom stereocenters. The highest BCUT2D eigenvalue weighted by Crippen LogP contribution is 2.07. The zero-order chi connectivity index (χ0) is 7.98. The fraction of sp³-hybridized carbons (Fsp3) is 1.00. The molecule has 62 valence electrons. The van der Waals surface area contributed by atoms with Gasteiger partial charge in [-0.05, 0) is 19.3 Å². The van der Waals surface area contributed by atoms with Gasteiger partial charge in [0.15, 0.2) is 12.5 Å². The van der Waals surface area contributed by atoms with Gasteiger partial charge in [-0.2, -0.15) is 0 Å². The minimum atomic E-state index is -1.92. The van der Waals surface area contributed by atoms with E-state index in [2.05, 4.69) is 0 Å². The zero-order valence-corrected chi connectivity index (χ0v) is 5.63. The summed E-state index contributed by atoms with van der Waals surface area (Å²) in [6, 6.07) is 0. The zero-order valence-electron chi connectivity index (χ0n) is 5.63. The van der Waals surface area contributed by atoms with Crippen LogP contribution in [0.15, 0.2) is 0 Å². The van der Waals surface area contributed by atoms with Crippen molar-refractivity contribution < 1.29 is 19.0 Å². The van der Waals surface area contributed by atoms with E-state index in [-0.39, 0.29) is 12.8 Å². The Hall–Kier alpha value is -0.220. The molecule has 0 aromatic rings. The van der Waals surface area contributed by atoms with Crippen molar-refractivity contribution in [3.05, 3.63) is 0 Å². The summed E-state index contributed by atoms with van der Waals surface area (Å²) in [5.74, 6) is 0. The summed E-state index contributed by atoms with van der Waals surface area (Å²) in [6.45, 7) is -0.478. The lowest BCUT2D eigenvalue weighted by atomic mass is 10.2. The molecule has 10 heavy (non-hydrogen) atoms. The maximum absolute atomic E-state index is 12.2. The summed E-state index contributed by atoms with van der Waals surface area (Å²) >= 11 is 0. The average molecular weight is 154 g/mol. The molecule has 0 rings (SSSR count). The number of alkyl halides is 2. The average Bonchev–Trinajstić information content (AvgIpc) is 1.88. The molecule has 0 aliphatic rings. The monoisotopic (exact) mass is 154 g/mol. The molecule has 1 unspecified atom stereocenters. The van der Waals surface area contributed by atoms with Crippen molar-refractivity contribution >= 4 is 0 Å². The highest BCUT2D eigenvalue weighted by Gasteiger charge is 2.13. The van der Waals surface area contributed by atoms with Crippen molar-refractivity contribution in [2.75, 3.05) is 6.67 Å². The predicted octanol–water partition coefficient (Wildman–Crippen LogP) is 0.775. The lowest BCUT2D eigenvalue weighted by Gasteiger charge is -2.08. The molecular weight excluding hydrogens is 142 g/mol. The molecule has 0 aliphatic carbocycles. The van der Waals surface area contributed by atoms with Crippen molar-refractivity contribution in [1.82, 2.24) is 0 Å². The Bertz CT molecular complexity index is 78.1. The number of unbranched alkanes of at least 4 members (excludes halogenated alkanes) is 1. The topological polar surface area (TPSA) is 40.5 Å². The number of rotatable bonds is 5. The molecule has 0 heterocycles. The van der Waals surface area contributed by atoms with Gasteiger partial charge in [0, 0.05) is 0 Å². The number of aliphatic hydroxyl groups excluding tert-OH is 1. The molecule has 0 saturated carbocycles. The molecule has 4 heteroatoms. The van der Waals surface area contributed by atoms with E-state index in [1.807, 2.05) is 0 Å². The second-order valence-corrected chi connectivity index (χ2v) is 2.11. The van der Waals surface area contributed by atoms with Gasteiger partial charge in [-0.3, -0.25) is 4.39 Å². The first-order chi connectivity index (χ1) is 4.68. The largest absolute Gasteiger partial charge is 0.366 e. The molecule has 0 saturated heterocycles. The minimum Gasteiger partial charge on any atom is -0.366 e. The van der Waals surface area contributed by atoms with E-state index in [0.29, 0.717) is 6.42 Å². The molecule has 0 aromatic heterocycles. The molecule has 0 fully saturated rings. The van der Waals surface area contributed by atoms with Gasteiger partial charge >= 0.3 is 0 Å². The van der Waals surface area contributed by atoms with Gasteiger partial charge in [-0.25, -0.2) is 4.39 Å². The third-order valence-electron chi connectivity index (χ3n) is 1.19. The van der Waals surface area contributed by atoms with Gasteiger partial charge in [0.2, 0.25) is 0 Å². The van der Waals surface area contributed by atoms with Crippen LogP contribution in [0.2, 0.25) is 0 Å². The first-order valence-corrected chi connectivity index (χ1v) is 3.24. The van der Waals surface area contributed by atoms with Gasteiger partial charge in [-0.15, -0.1) is 0 Å². The molecule has 0 aromatic carbocycles. The second kappa shape index (κ2) is 5.56. The summed E-state index contributed by atoms with van der Waals surface area (Å²) in [7, 11) is 0. The highest BCUT2D eigenvalue weighted by molar-refractivity contribution is 4.56. The number of aliphatic hydroxyl groups is 2. The van der Waals surface area contributed by atoms with E-state index < -0.39 is 19.1 Å². The third-order valence-corrected chi connectivity index (χ3v) is 1.19. The summed E-state index contributed by atoms with van der Waals surface area (Å²) < 4.78 is 23.6. The summed E-state index contributed by atoms with van der Waals surface area (Å²) in [5.41, 5.74) is 0. The number of halogens is 2. The Morgan fingerprint density at radius 1 is 1.20 bits per heavy atom. The predicted molar refractivity (Wildman–Crippen MR) is 32.9 cm³/mol. The van der Waals surface area contributed by atoms with Crippen molar-refractivity contribution in [1.29, 1.82) is 0 Å². The first-order valence-electron chi connectivity index (χ1n) is 3.24. The lowest BCUT2D eigenvalue weighted by molar-refractivity contribution is -0.0957. The fourth-order valence-corrected chi connectivity index (χ4v) is 0.583. The van der Waals surface area contributed by atoms with Gasteiger partial charge in [-0.1, -0.05) is 0 Å². The number of hydrogen-bond acceptors (Lipinski definition) is 2. The summed E-state index contributed by atoms with van der Waals surface area (Å²) in [6.07, 6.45) is -2.89. The maximum atomic E-state index is 12.2. The van der Waals surface area contributed by atoms with Crippen LogP contribution in [0.5, 0.6) is 0 Å². The van der Waals surface area contributed by atoms with Crippen molar-refractivity contribution in [2.24, 2.45) is 0 Å². The molecular formula is C6H12F2O2. The molecule has 0 amide bonds. The molecule has 2 N–H and O–H groups in total. The molecule has 2 nitrogen and oxygen atoms in total. The van der Waals surface area contributed by atoms with E-state index >= 15 is 0 Å². The van der Waals surface area contributed by atoms with Gasteiger partial charge in [0.05, 0.1) is 6.67 Å². The molecule has 0 bridgehead atoms. The van der Waals surface area contributed by atoms with Gasteiger partial charge in [0.25, 0.3) is 0 Å². The minimum absolute atomic E-state index is 0.0155. The van der Waals surface area contributed by atoms with Gasteiger partial charge < -0.3 is 10.2 Å². The first kappa shape index (κ1) is 9.78.